The van der Waals surface area contributed by atoms with Crippen LogP contribution in [0.25, 0.3) is 0 Å². The van der Waals surface area contributed by atoms with Gasteiger partial charge in [-0.2, -0.15) is 0 Å². The molecule has 1 aliphatic carbocycles. The molecular formula is C14H23N3O2S. The Morgan fingerprint density at radius 1 is 1.20 bits per heavy atom. The highest BCUT2D eigenvalue weighted by atomic mass is 32.2. The molecule has 6 heteroatoms. The van der Waals surface area contributed by atoms with Crippen LogP contribution in [0.1, 0.15) is 45.4 Å². The molecule has 0 aliphatic heterocycles. The highest BCUT2D eigenvalue weighted by Gasteiger charge is 2.21. The zero-order valence-electron chi connectivity index (χ0n) is 11.9. The van der Waals surface area contributed by atoms with Crippen molar-refractivity contribution >= 4 is 15.8 Å². The van der Waals surface area contributed by atoms with E-state index >= 15 is 0 Å². The largest absolute Gasteiger partial charge is 0.370 e. The minimum atomic E-state index is -3.45. The molecule has 1 aromatic rings. The SMILES string of the molecule is CCNc1ccc(S(=O)(=O)NC2CCCCCC2)cn1. The molecular weight excluding hydrogens is 274 g/mol. The van der Waals surface area contributed by atoms with Gasteiger partial charge in [0.05, 0.1) is 0 Å². The van der Waals surface area contributed by atoms with E-state index in [1.54, 1.807) is 12.1 Å². The van der Waals surface area contributed by atoms with Crippen LogP contribution >= 0.6 is 0 Å². The third-order valence-electron chi connectivity index (χ3n) is 3.58. The molecule has 0 bridgehead atoms. The van der Waals surface area contributed by atoms with E-state index in [-0.39, 0.29) is 10.9 Å². The van der Waals surface area contributed by atoms with Gasteiger partial charge in [0.25, 0.3) is 0 Å². The van der Waals surface area contributed by atoms with Gasteiger partial charge in [0, 0.05) is 18.8 Å². The average molecular weight is 297 g/mol. The maximum absolute atomic E-state index is 12.3. The Balaban J connectivity index is 2.05. The van der Waals surface area contributed by atoms with E-state index in [1.807, 2.05) is 6.92 Å². The molecule has 5 nitrogen and oxygen atoms in total. The fourth-order valence-electron chi connectivity index (χ4n) is 2.51. The third-order valence-corrected chi connectivity index (χ3v) is 5.09. The van der Waals surface area contributed by atoms with Crippen LogP contribution < -0.4 is 10.0 Å². The summed E-state index contributed by atoms with van der Waals surface area (Å²) in [6.45, 7) is 2.74. The number of nitrogens with one attached hydrogen (secondary N) is 2. The van der Waals surface area contributed by atoms with Crippen LogP contribution in [-0.2, 0) is 10.0 Å². The summed E-state index contributed by atoms with van der Waals surface area (Å²) >= 11 is 0. The Morgan fingerprint density at radius 3 is 2.45 bits per heavy atom. The van der Waals surface area contributed by atoms with E-state index < -0.39 is 10.0 Å². The van der Waals surface area contributed by atoms with E-state index in [4.69, 9.17) is 0 Å². The lowest BCUT2D eigenvalue weighted by molar-refractivity contribution is 0.509. The van der Waals surface area contributed by atoms with Gasteiger partial charge in [-0.05, 0) is 31.9 Å². The van der Waals surface area contributed by atoms with Crippen LogP contribution in [-0.4, -0.2) is 26.0 Å². The number of rotatable bonds is 5. The van der Waals surface area contributed by atoms with Gasteiger partial charge in [0.15, 0.2) is 0 Å². The molecule has 112 valence electrons. The van der Waals surface area contributed by atoms with E-state index in [9.17, 15) is 8.42 Å². The topological polar surface area (TPSA) is 71.1 Å². The van der Waals surface area contributed by atoms with Gasteiger partial charge in [-0.15, -0.1) is 0 Å². The predicted molar refractivity (Wildman–Crippen MR) is 80.2 cm³/mol. The monoisotopic (exact) mass is 297 g/mol. The van der Waals surface area contributed by atoms with Crippen molar-refractivity contribution in [3.05, 3.63) is 18.3 Å². The number of hydrogen-bond acceptors (Lipinski definition) is 4. The van der Waals surface area contributed by atoms with Gasteiger partial charge in [-0.1, -0.05) is 25.7 Å². The number of hydrogen-bond donors (Lipinski definition) is 2. The van der Waals surface area contributed by atoms with Gasteiger partial charge in [0.1, 0.15) is 10.7 Å². The maximum Gasteiger partial charge on any atom is 0.242 e. The normalized spacial score (nSPS) is 17.6. The average Bonchev–Trinajstić information content (AvgIpc) is 2.68. The molecule has 1 aromatic heterocycles. The first kappa shape index (κ1) is 15.3. The number of nitrogens with zero attached hydrogens (tertiary/aromatic N) is 1. The minimum absolute atomic E-state index is 0.0657. The van der Waals surface area contributed by atoms with Crippen molar-refractivity contribution in [2.45, 2.75) is 56.4 Å². The summed E-state index contributed by atoms with van der Waals surface area (Å²) in [4.78, 5) is 4.36. The summed E-state index contributed by atoms with van der Waals surface area (Å²) in [7, 11) is -3.45. The second kappa shape index (κ2) is 7.04. The van der Waals surface area contributed by atoms with E-state index in [0.717, 1.165) is 32.2 Å². The van der Waals surface area contributed by atoms with Crippen LogP contribution in [0.3, 0.4) is 0 Å². The molecule has 1 saturated carbocycles. The third kappa shape index (κ3) is 4.18. The lowest BCUT2D eigenvalue weighted by atomic mass is 10.1. The molecule has 1 aliphatic rings. The lowest BCUT2D eigenvalue weighted by Crippen LogP contribution is -2.34. The summed E-state index contributed by atoms with van der Waals surface area (Å²) in [5.74, 6) is 0.695. The Morgan fingerprint density at radius 2 is 1.90 bits per heavy atom. The first-order chi connectivity index (χ1) is 9.62. The highest BCUT2D eigenvalue weighted by Crippen LogP contribution is 2.19. The summed E-state index contributed by atoms with van der Waals surface area (Å²) in [6, 6.07) is 3.37. The smallest absolute Gasteiger partial charge is 0.242 e. The molecule has 0 radical (unpaired) electrons. The minimum Gasteiger partial charge on any atom is -0.370 e. The Bertz CT molecular complexity index is 506. The number of pyridine rings is 1. The van der Waals surface area contributed by atoms with Gasteiger partial charge >= 0.3 is 0 Å². The first-order valence-corrected chi connectivity index (χ1v) is 8.82. The standard InChI is InChI=1S/C14H23N3O2S/c1-2-15-14-10-9-13(11-16-14)20(18,19)17-12-7-5-3-4-6-8-12/h9-12,17H,2-8H2,1H3,(H,15,16). The molecule has 0 spiro atoms. The molecule has 0 amide bonds. The zero-order valence-corrected chi connectivity index (χ0v) is 12.7. The Labute approximate surface area is 121 Å². The van der Waals surface area contributed by atoms with Crippen LogP contribution in [0.2, 0.25) is 0 Å². The van der Waals surface area contributed by atoms with Gasteiger partial charge < -0.3 is 5.32 Å². The van der Waals surface area contributed by atoms with Crippen molar-refractivity contribution in [1.29, 1.82) is 0 Å². The van der Waals surface area contributed by atoms with Crippen molar-refractivity contribution in [2.75, 3.05) is 11.9 Å². The fourth-order valence-corrected chi connectivity index (χ4v) is 3.76. The zero-order chi connectivity index (χ0) is 14.4. The molecule has 1 fully saturated rings. The molecule has 2 N–H and O–H groups in total. The van der Waals surface area contributed by atoms with Crippen LogP contribution in [0, 0.1) is 0 Å². The first-order valence-electron chi connectivity index (χ1n) is 7.34. The second-order valence-electron chi connectivity index (χ2n) is 5.22. The van der Waals surface area contributed by atoms with Gasteiger partial charge in [0.2, 0.25) is 10.0 Å². The van der Waals surface area contributed by atoms with Crippen molar-refractivity contribution in [3.8, 4) is 0 Å². The van der Waals surface area contributed by atoms with Crippen molar-refractivity contribution in [2.24, 2.45) is 0 Å². The van der Waals surface area contributed by atoms with Crippen LogP contribution in [0.15, 0.2) is 23.2 Å². The van der Waals surface area contributed by atoms with E-state index in [0.29, 0.717) is 5.82 Å². The summed E-state index contributed by atoms with van der Waals surface area (Å²) in [5.41, 5.74) is 0. The van der Waals surface area contributed by atoms with Crippen molar-refractivity contribution in [3.63, 3.8) is 0 Å². The molecule has 0 aromatic carbocycles. The molecule has 0 atom stereocenters. The number of aromatic nitrogens is 1. The van der Waals surface area contributed by atoms with E-state index in [2.05, 4.69) is 15.0 Å². The number of anilines is 1. The van der Waals surface area contributed by atoms with E-state index in [1.165, 1.54) is 19.0 Å². The van der Waals surface area contributed by atoms with Crippen molar-refractivity contribution < 1.29 is 8.42 Å². The summed E-state index contributed by atoms with van der Waals surface area (Å²) in [5, 5.41) is 3.05. The van der Waals surface area contributed by atoms with Crippen LogP contribution in [0.4, 0.5) is 5.82 Å². The van der Waals surface area contributed by atoms with Crippen molar-refractivity contribution in [1.82, 2.24) is 9.71 Å². The van der Waals surface area contributed by atoms with Crippen LogP contribution in [0.5, 0.6) is 0 Å². The predicted octanol–water partition coefficient (Wildman–Crippen LogP) is 2.51. The summed E-state index contributed by atoms with van der Waals surface area (Å²) in [6.07, 6.45) is 7.89. The van der Waals surface area contributed by atoms with Gasteiger partial charge in [-0.3, -0.25) is 0 Å². The lowest BCUT2D eigenvalue weighted by Gasteiger charge is -2.16. The number of sulfonamides is 1. The fraction of sp³-hybridized carbons (Fsp3) is 0.643. The summed E-state index contributed by atoms with van der Waals surface area (Å²) < 4.78 is 27.4. The molecule has 0 unspecified atom stereocenters. The quantitative estimate of drug-likeness (QED) is 0.819. The van der Waals surface area contributed by atoms with Gasteiger partial charge in [-0.25, -0.2) is 18.1 Å². The molecule has 20 heavy (non-hydrogen) atoms. The maximum atomic E-state index is 12.3. The molecule has 2 rings (SSSR count). The molecule has 1 heterocycles. The Hall–Kier alpha value is -1.14. The Kier molecular flexibility index (Phi) is 5.37. The second-order valence-corrected chi connectivity index (χ2v) is 6.93. The molecule has 0 saturated heterocycles. The highest BCUT2D eigenvalue weighted by molar-refractivity contribution is 7.89.